The van der Waals surface area contributed by atoms with Crippen LogP contribution in [0.2, 0.25) is 10.0 Å². The highest BCUT2D eigenvalue weighted by Gasteiger charge is 1.96. The van der Waals surface area contributed by atoms with E-state index in [1.807, 2.05) is 18.2 Å². The van der Waals surface area contributed by atoms with Crippen LogP contribution in [-0.4, -0.2) is 11.7 Å². The molecular weight excluding hydrogens is 231 g/mol. The monoisotopic (exact) mass is 244 g/mol. The Morgan fingerprint density at radius 1 is 1.13 bits per heavy atom. The van der Waals surface area contributed by atoms with Gasteiger partial charge in [-0.3, -0.25) is 0 Å². The molecule has 15 heavy (non-hydrogen) atoms. The molecule has 0 aliphatic heterocycles. The van der Waals surface area contributed by atoms with E-state index in [-0.39, 0.29) is 6.61 Å². The first-order chi connectivity index (χ1) is 7.24. The molecule has 0 fully saturated rings. The summed E-state index contributed by atoms with van der Waals surface area (Å²) in [6, 6.07) is 5.56. The molecule has 0 radical (unpaired) electrons. The Kier molecular flexibility index (Phi) is 5.77. The van der Waals surface area contributed by atoms with Crippen molar-refractivity contribution in [1.29, 1.82) is 0 Å². The highest BCUT2D eigenvalue weighted by molar-refractivity contribution is 6.42. The van der Waals surface area contributed by atoms with Gasteiger partial charge in [-0.05, 0) is 37.0 Å². The second kappa shape index (κ2) is 6.89. The predicted octanol–water partition coefficient (Wildman–Crippen LogP) is 4.17. The van der Waals surface area contributed by atoms with Crippen LogP contribution in [-0.2, 0) is 0 Å². The van der Waals surface area contributed by atoms with E-state index in [1.54, 1.807) is 6.07 Å². The van der Waals surface area contributed by atoms with Gasteiger partial charge in [0.15, 0.2) is 0 Å². The summed E-state index contributed by atoms with van der Waals surface area (Å²) in [5.74, 6) is 0. The highest BCUT2D eigenvalue weighted by Crippen LogP contribution is 2.23. The topological polar surface area (TPSA) is 20.2 Å². The van der Waals surface area contributed by atoms with Gasteiger partial charge >= 0.3 is 0 Å². The normalized spacial score (nSPS) is 11.1. The summed E-state index contributed by atoms with van der Waals surface area (Å²) in [6.07, 6.45) is 6.93. The molecule has 0 saturated heterocycles. The standard InChI is InChI=1S/C12H14Cl2O/c13-11-7-6-10(9-12(11)14)5-3-1-2-4-8-15/h3,5-7,9,15H,1-2,4,8H2/b5-3+. The van der Waals surface area contributed by atoms with E-state index in [0.29, 0.717) is 10.0 Å². The third kappa shape index (κ3) is 4.70. The van der Waals surface area contributed by atoms with E-state index in [1.165, 1.54) is 0 Å². The van der Waals surface area contributed by atoms with E-state index in [2.05, 4.69) is 6.08 Å². The van der Waals surface area contributed by atoms with Gasteiger partial charge in [-0.2, -0.15) is 0 Å². The maximum atomic E-state index is 8.59. The number of aliphatic hydroxyl groups is 1. The van der Waals surface area contributed by atoms with Crippen molar-refractivity contribution in [1.82, 2.24) is 0 Å². The number of rotatable bonds is 5. The minimum absolute atomic E-state index is 0.264. The van der Waals surface area contributed by atoms with Crippen molar-refractivity contribution in [3.05, 3.63) is 39.9 Å². The zero-order valence-corrected chi connectivity index (χ0v) is 9.93. The molecule has 3 heteroatoms. The van der Waals surface area contributed by atoms with Crippen LogP contribution in [0.15, 0.2) is 24.3 Å². The average Bonchev–Trinajstić information content (AvgIpc) is 2.23. The molecule has 0 amide bonds. The fourth-order valence-electron chi connectivity index (χ4n) is 1.21. The molecule has 1 N–H and O–H groups in total. The summed E-state index contributed by atoms with van der Waals surface area (Å²) >= 11 is 11.7. The van der Waals surface area contributed by atoms with Crippen molar-refractivity contribution in [2.75, 3.05) is 6.61 Å². The van der Waals surface area contributed by atoms with Crippen molar-refractivity contribution in [2.24, 2.45) is 0 Å². The molecule has 1 aromatic carbocycles. The number of hydrogen-bond acceptors (Lipinski definition) is 1. The molecule has 0 atom stereocenters. The summed E-state index contributed by atoms with van der Waals surface area (Å²) in [7, 11) is 0. The van der Waals surface area contributed by atoms with Crippen molar-refractivity contribution in [2.45, 2.75) is 19.3 Å². The van der Waals surface area contributed by atoms with Crippen LogP contribution >= 0.6 is 23.2 Å². The summed E-state index contributed by atoms with van der Waals surface area (Å²) in [4.78, 5) is 0. The van der Waals surface area contributed by atoms with Crippen LogP contribution in [0.1, 0.15) is 24.8 Å². The van der Waals surface area contributed by atoms with Gasteiger partial charge in [0.2, 0.25) is 0 Å². The number of hydrogen-bond donors (Lipinski definition) is 1. The highest BCUT2D eigenvalue weighted by atomic mass is 35.5. The molecule has 82 valence electrons. The number of unbranched alkanes of at least 4 members (excludes halogenated alkanes) is 2. The number of halogens is 2. The van der Waals surface area contributed by atoms with Crippen LogP contribution < -0.4 is 0 Å². The van der Waals surface area contributed by atoms with Gasteiger partial charge in [0.05, 0.1) is 10.0 Å². The second-order valence-corrected chi connectivity index (χ2v) is 4.11. The fourth-order valence-corrected chi connectivity index (χ4v) is 1.52. The Hall–Kier alpha value is -0.500. The predicted molar refractivity (Wildman–Crippen MR) is 66.4 cm³/mol. The molecule has 1 rings (SSSR count). The molecule has 0 aliphatic rings. The lowest BCUT2D eigenvalue weighted by Gasteiger charge is -1.97. The number of aliphatic hydroxyl groups excluding tert-OH is 1. The number of allylic oxidation sites excluding steroid dienone is 1. The van der Waals surface area contributed by atoms with E-state index < -0.39 is 0 Å². The third-order valence-corrected chi connectivity index (χ3v) is 2.77. The Labute approximate surface area is 100 Å². The second-order valence-electron chi connectivity index (χ2n) is 3.30. The van der Waals surface area contributed by atoms with Crippen molar-refractivity contribution in [3.8, 4) is 0 Å². The maximum Gasteiger partial charge on any atom is 0.0598 e. The Morgan fingerprint density at radius 2 is 1.93 bits per heavy atom. The van der Waals surface area contributed by atoms with Gasteiger partial charge in [-0.15, -0.1) is 0 Å². The van der Waals surface area contributed by atoms with E-state index in [4.69, 9.17) is 28.3 Å². The van der Waals surface area contributed by atoms with Crippen molar-refractivity contribution in [3.63, 3.8) is 0 Å². The third-order valence-electron chi connectivity index (χ3n) is 2.03. The molecule has 0 heterocycles. The molecule has 1 nitrogen and oxygen atoms in total. The largest absolute Gasteiger partial charge is 0.396 e. The van der Waals surface area contributed by atoms with Gasteiger partial charge in [-0.25, -0.2) is 0 Å². The fraction of sp³-hybridized carbons (Fsp3) is 0.333. The van der Waals surface area contributed by atoms with Gasteiger partial charge in [0, 0.05) is 6.61 Å². The summed E-state index contributed by atoms with van der Waals surface area (Å²) in [6.45, 7) is 0.264. The lowest BCUT2D eigenvalue weighted by atomic mass is 10.1. The zero-order chi connectivity index (χ0) is 11.1. The first-order valence-corrected chi connectivity index (χ1v) is 5.72. The molecule has 0 aliphatic carbocycles. The van der Waals surface area contributed by atoms with Crippen LogP contribution in [0.4, 0.5) is 0 Å². The molecule has 0 spiro atoms. The Morgan fingerprint density at radius 3 is 2.60 bits per heavy atom. The quantitative estimate of drug-likeness (QED) is 0.772. The van der Waals surface area contributed by atoms with Gasteiger partial charge in [0.25, 0.3) is 0 Å². The van der Waals surface area contributed by atoms with E-state index in [9.17, 15) is 0 Å². The summed E-state index contributed by atoms with van der Waals surface area (Å²) < 4.78 is 0. The smallest absolute Gasteiger partial charge is 0.0598 e. The summed E-state index contributed by atoms with van der Waals surface area (Å²) in [5, 5.41) is 9.75. The maximum absolute atomic E-state index is 8.59. The van der Waals surface area contributed by atoms with Crippen molar-refractivity contribution >= 4 is 29.3 Å². The van der Waals surface area contributed by atoms with Crippen LogP contribution in [0.5, 0.6) is 0 Å². The molecule has 0 saturated carbocycles. The van der Waals surface area contributed by atoms with Crippen molar-refractivity contribution < 1.29 is 5.11 Å². The summed E-state index contributed by atoms with van der Waals surface area (Å²) in [5.41, 5.74) is 1.05. The minimum Gasteiger partial charge on any atom is -0.396 e. The van der Waals surface area contributed by atoms with E-state index >= 15 is 0 Å². The molecule has 0 bridgehead atoms. The van der Waals surface area contributed by atoms with Crippen LogP contribution in [0.25, 0.3) is 6.08 Å². The van der Waals surface area contributed by atoms with Gasteiger partial charge < -0.3 is 5.11 Å². The van der Waals surface area contributed by atoms with E-state index in [0.717, 1.165) is 24.8 Å². The lowest BCUT2D eigenvalue weighted by Crippen LogP contribution is -1.80. The average molecular weight is 245 g/mol. The van der Waals surface area contributed by atoms with Crippen LogP contribution in [0.3, 0.4) is 0 Å². The first-order valence-electron chi connectivity index (χ1n) is 4.96. The first kappa shape index (κ1) is 12.6. The molecule has 0 unspecified atom stereocenters. The minimum atomic E-state index is 0.264. The Balaban J connectivity index is 2.46. The van der Waals surface area contributed by atoms with Gasteiger partial charge in [-0.1, -0.05) is 41.4 Å². The number of benzene rings is 1. The lowest BCUT2D eigenvalue weighted by molar-refractivity contribution is 0.285. The molecular formula is C12H14Cl2O. The molecule has 1 aromatic rings. The van der Waals surface area contributed by atoms with Gasteiger partial charge in [0.1, 0.15) is 0 Å². The molecule has 0 aromatic heterocycles. The zero-order valence-electron chi connectivity index (χ0n) is 8.42. The Bertz CT molecular complexity index is 334. The SMILES string of the molecule is OCCCC/C=C/c1ccc(Cl)c(Cl)c1. The van der Waals surface area contributed by atoms with Crippen LogP contribution in [0, 0.1) is 0 Å².